The van der Waals surface area contributed by atoms with Gasteiger partial charge in [-0.1, -0.05) is 45.4 Å². The Morgan fingerprint density at radius 1 is 1.44 bits per heavy atom. The highest BCUT2D eigenvalue weighted by Crippen LogP contribution is 2.37. The molecule has 7 heteroatoms. The van der Waals surface area contributed by atoms with Crippen LogP contribution < -0.4 is 0 Å². The maximum atomic E-state index is 6.18. The molecule has 1 heterocycles. The molecule has 0 unspecified atom stereocenters. The molecule has 0 atom stereocenters. The summed E-state index contributed by atoms with van der Waals surface area (Å²) in [6.45, 7) is 0. The fourth-order valence-corrected chi connectivity index (χ4v) is 3.38. The van der Waals surface area contributed by atoms with Gasteiger partial charge in [-0.15, -0.1) is 5.10 Å². The second-order valence-corrected chi connectivity index (χ2v) is 6.43. The highest BCUT2D eigenvalue weighted by Gasteiger charge is 2.27. The van der Waals surface area contributed by atoms with Crippen LogP contribution in [0.4, 0.5) is 0 Å². The van der Waals surface area contributed by atoms with Crippen LogP contribution in [0.3, 0.4) is 0 Å². The molecule has 0 radical (unpaired) electrons. The number of tetrazole rings is 1. The Bertz CT molecular complexity index is 570. The summed E-state index contributed by atoms with van der Waals surface area (Å²) in [6.07, 6.45) is 2.36. The molecule has 3 rings (SSSR count). The van der Waals surface area contributed by atoms with E-state index in [1.165, 1.54) is 12.8 Å². The van der Waals surface area contributed by atoms with Gasteiger partial charge in [0.2, 0.25) is 5.16 Å². The van der Waals surface area contributed by atoms with E-state index in [0.717, 1.165) is 26.0 Å². The summed E-state index contributed by atoms with van der Waals surface area (Å²) >= 11 is 11.2. The first-order valence-corrected chi connectivity index (χ1v) is 7.74. The number of benzene rings is 1. The highest BCUT2D eigenvalue weighted by atomic mass is 79.9. The van der Waals surface area contributed by atoms with E-state index in [4.69, 9.17) is 11.6 Å². The normalized spacial score (nSPS) is 15.0. The minimum Gasteiger partial charge on any atom is -0.217 e. The van der Waals surface area contributed by atoms with Crippen molar-refractivity contribution in [1.82, 2.24) is 20.2 Å². The smallest absolute Gasteiger partial charge is 0.209 e. The fraction of sp³-hybridized carbons (Fsp3) is 0.364. The van der Waals surface area contributed by atoms with Crippen LogP contribution in [0.25, 0.3) is 0 Å². The molecular formula is C11H10BrClN4S. The van der Waals surface area contributed by atoms with Crippen molar-refractivity contribution in [3.05, 3.63) is 33.3 Å². The number of rotatable bonds is 4. The number of aromatic nitrogens is 4. The number of hydrogen-bond acceptors (Lipinski definition) is 4. The number of hydrogen-bond donors (Lipinski definition) is 0. The first kappa shape index (κ1) is 12.4. The van der Waals surface area contributed by atoms with Crippen molar-refractivity contribution in [3.8, 4) is 0 Å². The van der Waals surface area contributed by atoms with Crippen molar-refractivity contribution >= 4 is 39.3 Å². The second-order valence-electron chi connectivity index (χ2n) is 4.16. The van der Waals surface area contributed by atoms with Crippen LogP contribution in [0, 0.1) is 0 Å². The van der Waals surface area contributed by atoms with Crippen LogP contribution in [-0.4, -0.2) is 20.2 Å². The molecule has 0 bridgehead atoms. The Morgan fingerprint density at radius 2 is 2.28 bits per heavy atom. The minimum atomic E-state index is 0.503. The first-order chi connectivity index (χ1) is 8.74. The standard InChI is InChI=1S/C11H10BrClN4S/c12-8-2-1-7(10(13)5-8)6-18-11-14-15-16-17(11)9-3-4-9/h1-2,5,9H,3-4,6H2. The van der Waals surface area contributed by atoms with Gasteiger partial charge in [0.15, 0.2) is 0 Å². The van der Waals surface area contributed by atoms with Crippen molar-refractivity contribution in [2.75, 3.05) is 0 Å². The predicted octanol–water partition coefficient (Wildman–Crippen LogP) is 3.72. The summed E-state index contributed by atoms with van der Waals surface area (Å²) in [6, 6.07) is 6.42. The van der Waals surface area contributed by atoms with Crippen molar-refractivity contribution < 1.29 is 0 Å². The summed E-state index contributed by atoms with van der Waals surface area (Å²) in [7, 11) is 0. The Hall–Kier alpha value is -0.590. The molecular weight excluding hydrogens is 336 g/mol. The van der Waals surface area contributed by atoms with Crippen LogP contribution >= 0.6 is 39.3 Å². The van der Waals surface area contributed by atoms with E-state index in [1.807, 2.05) is 22.9 Å². The van der Waals surface area contributed by atoms with Gasteiger partial charge in [0, 0.05) is 15.2 Å². The van der Waals surface area contributed by atoms with E-state index >= 15 is 0 Å². The summed E-state index contributed by atoms with van der Waals surface area (Å²) in [5.41, 5.74) is 1.09. The first-order valence-electron chi connectivity index (χ1n) is 5.58. The van der Waals surface area contributed by atoms with Gasteiger partial charge in [-0.05, 0) is 41.0 Å². The number of thioether (sulfide) groups is 1. The summed E-state index contributed by atoms with van der Waals surface area (Å²) in [5, 5.41) is 13.4. The molecule has 0 aliphatic heterocycles. The predicted molar refractivity (Wildman–Crippen MR) is 74.8 cm³/mol. The Morgan fingerprint density at radius 3 is 3.00 bits per heavy atom. The van der Waals surface area contributed by atoms with Gasteiger partial charge in [0.25, 0.3) is 0 Å². The van der Waals surface area contributed by atoms with E-state index in [2.05, 4.69) is 31.5 Å². The number of halogens is 2. The lowest BCUT2D eigenvalue weighted by atomic mass is 10.2. The minimum absolute atomic E-state index is 0.503. The third kappa shape index (κ3) is 2.70. The topological polar surface area (TPSA) is 43.6 Å². The van der Waals surface area contributed by atoms with Crippen molar-refractivity contribution in [1.29, 1.82) is 0 Å². The number of nitrogens with zero attached hydrogens (tertiary/aromatic N) is 4. The lowest BCUT2D eigenvalue weighted by Crippen LogP contribution is -1.98. The van der Waals surface area contributed by atoms with Gasteiger partial charge in [0.05, 0.1) is 6.04 Å². The Balaban J connectivity index is 1.71. The summed E-state index contributed by atoms with van der Waals surface area (Å²) in [5.74, 6) is 0.777. The zero-order valence-corrected chi connectivity index (χ0v) is 12.5. The quantitative estimate of drug-likeness (QED) is 0.792. The molecule has 0 N–H and O–H groups in total. The van der Waals surface area contributed by atoms with Crippen LogP contribution in [0.1, 0.15) is 24.4 Å². The molecule has 1 saturated carbocycles. The zero-order chi connectivity index (χ0) is 12.5. The van der Waals surface area contributed by atoms with Gasteiger partial charge >= 0.3 is 0 Å². The molecule has 2 aromatic rings. The van der Waals surface area contributed by atoms with E-state index in [-0.39, 0.29) is 0 Å². The van der Waals surface area contributed by atoms with E-state index in [9.17, 15) is 0 Å². The Kier molecular flexibility index (Phi) is 3.59. The fourth-order valence-electron chi connectivity index (χ4n) is 1.61. The monoisotopic (exact) mass is 344 g/mol. The van der Waals surface area contributed by atoms with Crippen molar-refractivity contribution in [3.63, 3.8) is 0 Å². The molecule has 4 nitrogen and oxygen atoms in total. The second kappa shape index (κ2) is 5.19. The van der Waals surface area contributed by atoms with Gasteiger partial charge in [0.1, 0.15) is 0 Å². The molecule has 1 fully saturated rings. The highest BCUT2D eigenvalue weighted by molar-refractivity contribution is 9.10. The van der Waals surface area contributed by atoms with Crippen LogP contribution in [0.5, 0.6) is 0 Å². The van der Waals surface area contributed by atoms with Gasteiger partial charge in [-0.25, -0.2) is 4.68 Å². The molecule has 1 aromatic heterocycles. The van der Waals surface area contributed by atoms with Crippen LogP contribution in [0.15, 0.2) is 27.8 Å². The zero-order valence-electron chi connectivity index (χ0n) is 9.38. The average molecular weight is 346 g/mol. The SMILES string of the molecule is Clc1cc(Br)ccc1CSc1nnnn1C1CC1. The van der Waals surface area contributed by atoms with Crippen LogP contribution in [0.2, 0.25) is 5.02 Å². The average Bonchev–Trinajstić information content (AvgIpc) is 3.08. The van der Waals surface area contributed by atoms with E-state index in [1.54, 1.807) is 11.8 Å². The molecule has 0 saturated heterocycles. The molecule has 94 valence electrons. The molecule has 0 spiro atoms. The maximum absolute atomic E-state index is 6.18. The van der Waals surface area contributed by atoms with E-state index in [0.29, 0.717) is 6.04 Å². The third-order valence-corrected chi connectivity index (χ3v) is 4.55. The molecule has 1 aromatic carbocycles. The lowest BCUT2D eigenvalue weighted by molar-refractivity contribution is 0.565. The molecule has 1 aliphatic carbocycles. The maximum Gasteiger partial charge on any atom is 0.209 e. The third-order valence-electron chi connectivity index (χ3n) is 2.73. The summed E-state index contributed by atoms with van der Waals surface area (Å²) < 4.78 is 2.90. The molecule has 1 aliphatic rings. The van der Waals surface area contributed by atoms with Gasteiger partial charge in [-0.3, -0.25) is 0 Å². The molecule has 0 amide bonds. The van der Waals surface area contributed by atoms with Crippen molar-refractivity contribution in [2.45, 2.75) is 29.8 Å². The van der Waals surface area contributed by atoms with Gasteiger partial charge in [-0.2, -0.15) is 0 Å². The van der Waals surface area contributed by atoms with E-state index < -0.39 is 0 Å². The largest absolute Gasteiger partial charge is 0.217 e. The summed E-state index contributed by atoms with van der Waals surface area (Å²) in [4.78, 5) is 0. The van der Waals surface area contributed by atoms with Crippen molar-refractivity contribution in [2.24, 2.45) is 0 Å². The lowest BCUT2D eigenvalue weighted by Gasteiger charge is -2.04. The van der Waals surface area contributed by atoms with Gasteiger partial charge < -0.3 is 0 Å². The van der Waals surface area contributed by atoms with Crippen LogP contribution in [-0.2, 0) is 5.75 Å². The molecule has 18 heavy (non-hydrogen) atoms. The Labute approximate surface area is 122 Å².